The van der Waals surface area contributed by atoms with Crippen molar-refractivity contribution in [2.45, 2.75) is 19.9 Å². The van der Waals surface area contributed by atoms with Crippen LogP contribution in [0, 0.1) is 12.8 Å². The van der Waals surface area contributed by atoms with Gasteiger partial charge in [0.25, 0.3) is 5.91 Å². The molecular formula is C21H21ClN2O4. The molecule has 0 bridgehead atoms. The molecule has 2 amide bonds. The number of carbonyl (C=O) groups is 3. The third-order valence-electron chi connectivity index (χ3n) is 4.55. The number of nitrogens with one attached hydrogen (secondary N) is 1. The Morgan fingerprint density at radius 1 is 1.18 bits per heavy atom. The topological polar surface area (TPSA) is 75.7 Å². The van der Waals surface area contributed by atoms with E-state index in [1.54, 1.807) is 23.1 Å². The summed E-state index contributed by atoms with van der Waals surface area (Å²) in [7, 11) is 0. The highest BCUT2D eigenvalue weighted by molar-refractivity contribution is 6.31. The van der Waals surface area contributed by atoms with Crippen molar-refractivity contribution < 1.29 is 19.1 Å². The van der Waals surface area contributed by atoms with Crippen LogP contribution >= 0.6 is 11.6 Å². The van der Waals surface area contributed by atoms with Gasteiger partial charge in [-0.25, -0.2) is 0 Å². The van der Waals surface area contributed by atoms with E-state index in [0.717, 1.165) is 11.1 Å². The first-order chi connectivity index (χ1) is 13.4. The molecule has 7 heteroatoms. The number of anilines is 1. The van der Waals surface area contributed by atoms with Crippen LogP contribution in [-0.4, -0.2) is 35.8 Å². The van der Waals surface area contributed by atoms with Gasteiger partial charge in [0.2, 0.25) is 5.91 Å². The van der Waals surface area contributed by atoms with Crippen molar-refractivity contribution >= 4 is 35.1 Å². The maximum absolute atomic E-state index is 12.3. The predicted octanol–water partition coefficient (Wildman–Crippen LogP) is 3.18. The highest BCUT2D eigenvalue weighted by atomic mass is 35.5. The molecule has 1 N–H and O–H groups in total. The molecule has 2 aromatic carbocycles. The van der Waals surface area contributed by atoms with E-state index in [1.165, 1.54) is 0 Å². The van der Waals surface area contributed by atoms with Crippen molar-refractivity contribution in [1.82, 2.24) is 4.90 Å². The number of hydrogen-bond donors (Lipinski definition) is 1. The SMILES string of the molecule is Cc1ccc(NC(=O)COC(=O)[C@@H]2CC(=O)N(Cc3ccccc3Cl)C2)cc1. The Kier molecular flexibility index (Phi) is 6.31. The van der Waals surface area contributed by atoms with Gasteiger partial charge in [0.05, 0.1) is 5.92 Å². The molecular weight excluding hydrogens is 380 g/mol. The van der Waals surface area contributed by atoms with E-state index >= 15 is 0 Å². The Labute approximate surface area is 168 Å². The van der Waals surface area contributed by atoms with Gasteiger partial charge in [-0.05, 0) is 30.7 Å². The molecule has 2 aromatic rings. The third kappa shape index (κ3) is 5.10. The number of rotatable bonds is 6. The summed E-state index contributed by atoms with van der Waals surface area (Å²) in [5.74, 6) is -1.68. The van der Waals surface area contributed by atoms with Crippen LogP contribution in [0.3, 0.4) is 0 Å². The molecule has 146 valence electrons. The zero-order valence-electron chi connectivity index (χ0n) is 15.5. The smallest absolute Gasteiger partial charge is 0.311 e. The maximum atomic E-state index is 12.3. The summed E-state index contributed by atoms with van der Waals surface area (Å²) in [6, 6.07) is 14.6. The molecule has 1 aliphatic rings. The fourth-order valence-electron chi connectivity index (χ4n) is 3.00. The number of aryl methyl sites for hydroxylation is 1. The molecule has 0 saturated carbocycles. The summed E-state index contributed by atoms with van der Waals surface area (Å²) in [6.07, 6.45) is 0.0723. The van der Waals surface area contributed by atoms with Crippen molar-refractivity contribution in [1.29, 1.82) is 0 Å². The lowest BCUT2D eigenvalue weighted by Crippen LogP contribution is -2.28. The Morgan fingerprint density at radius 2 is 1.89 bits per heavy atom. The molecule has 0 aliphatic carbocycles. The number of ether oxygens (including phenoxy) is 1. The average molecular weight is 401 g/mol. The van der Waals surface area contributed by atoms with Crippen molar-refractivity contribution in [3.63, 3.8) is 0 Å². The van der Waals surface area contributed by atoms with Crippen molar-refractivity contribution in [3.8, 4) is 0 Å². The number of esters is 1. The highest BCUT2D eigenvalue weighted by Gasteiger charge is 2.35. The monoisotopic (exact) mass is 400 g/mol. The standard InChI is InChI=1S/C21H21ClN2O4/c1-14-6-8-17(9-7-14)23-19(25)13-28-21(27)16-10-20(26)24(12-16)11-15-4-2-3-5-18(15)22/h2-9,16H,10-13H2,1H3,(H,23,25)/t16-/m1/s1. The van der Waals surface area contributed by atoms with E-state index in [-0.39, 0.29) is 25.5 Å². The first-order valence-electron chi connectivity index (χ1n) is 8.96. The Hall–Kier alpha value is -2.86. The van der Waals surface area contributed by atoms with Crippen LogP contribution in [0.25, 0.3) is 0 Å². The van der Waals surface area contributed by atoms with Gasteiger partial charge >= 0.3 is 5.97 Å². The van der Waals surface area contributed by atoms with Gasteiger partial charge in [-0.3, -0.25) is 14.4 Å². The second-order valence-electron chi connectivity index (χ2n) is 6.79. The van der Waals surface area contributed by atoms with Crippen LogP contribution in [0.1, 0.15) is 17.5 Å². The minimum absolute atomic E-state index is 0.0723. The van der Waals surface area contributed by atoms with Crippen LogP contribution in [0.4, 0.5) is 5.69 Å². The number of amides is 2. The first kappa shape index (κ1) is 19.9. The average Bonchev–Trinajstić information content (AvgIpc) is 3.04. The fraction of sp³-hybridized carbons (Fsp3) is 0.286. The van der Waals surface area contributed by atoms with Gasteiger partial charge < -0.3 is 15.0 Å². The zero-order chi connectivity index (χ0) is 20.1. The van der Waals surface area contributed by atoms with Crippen LogP contribution < -0.4 is 5.32 Å². The van der Waals surface area contributed by atoms with Gasteiger partial charge in [0.1, 0.15) is 0 Å². The van der Waals surface area contributed by atoms with Gasteiger partial charge in [-0.1, -0.05) is 47.5 Å². The molecule has 1 aliphatic heterocycles. The van der Waals surface area contributed by atoms with Crippen molar-refractivity contribution in [3.05, 3.63) is 64.7 Å². The normalized spacial score (nSPS) is 16.1. The van der Waals surface area contributed by atoms with Crippen LogP contribution in [0.5, 0.6) is 0 Å². The van der Waals surface area contributed by atoms with E-state index in [9.17, 15) is 14.4 Å². The van der Waals surface area contributed by atoms with E-state index in [1.807, 2.05) is 37.3 Å². The molecule has 6 nitrogen and oxygen atoms in total. The van der Waals surface area contributed by atoms with E-state index in [0.29, 0.717) is 17.3 Å². The minimum Gasteiger partial charge on any atom is -0.455 e. The van der Waals surface area contributed by atoms with E-state index in [4.69, 9.17) is 16.3 Å². The molecule has 0 spiro atoms. The Balaban J connectivity index is 1.48. The second kappa shape index (κ2) is 8.89. The molecule has 1 saturated heterocycles. The summed E-state index contributed by atoms with van der Waals surface area (Å²) in [4.78, 5) is 38.0. The maximum Gasteiger partial charge on any atom is 0.311 e. The Morgan fingerprint density at radius 3 is 2.61 bits per heavy atom. The zero-order valence-corrected chi connectivity index (χ0v) is 16.2. The van der Waals surface area contributed by atoms with Gasteiger partial charge in [-0.15, -0.1) is 0 Å². The van der Waals surface area contributed by atoms with E-state index < -0.39 is 17.8 Å². The number of carbonyl (C=O) groups excluding carboxylic acids is 3. The number of halogens is 1. The third-order valence-corrected chi connectivity index (χ3v) is 4.92. The van der Waals surface area contributed by atoms with Crippen LogP contribution in [-0.2, 0) is 25.7 Å². The van der Waals surface area contributed by atoms with Gasteiger partial charge in [0.15, 0.2) is 6.61 Å². The highest BCUT2D eigenvalue weighted by Crippen LogP contribution is 2.24. The first-order valence-corrected chi connectivity index (χ1v) is 9.34. The lowest BCUT2D eigenvalue weighted by Gasteiger charge is -2.17. The predicted molar refractivity (Wildman–Crippen MR) is 106 cm³/mol. The fourth-order valence-corrected chi connectivity index (χ4v) is 3.20. The number of nitrogens with zero attached hydrogens (tertiary/aromatic N) is 1. The van der Waals surface area contributed by atoms with Gasteiger partial charge in [-0.2, -0.15) is 0 Å². The van der Waals surface area contributed by atoms with Crippen molar-refractivity contribution in [2.75, 3.05) is 18.5 Å². The molecule has 28 heavy (non-hydrogen) atoms. The Bertz CT molecular complexity index is 882. The second-order valence-corrected chi connectivity index (χ2v) is 7.20. The van der Waals surface area contributed by atoms with Crippen LogP contribution in [0.15, 0.2) is 48.5 Å². The molecule has 0 unspecified atom stereocenters. The molecule has 1 heterocycles. The van der Waals surface area contributed by atoms with Crippen LogP contribution in [0.2, 0.25) is 5.02 Å². The molecule has 0 aromatic heterocycles. The molecule has 1 atom stereocenters. The van der Waals surface area contributed by atoms with Crippen molar-refractivity contribution in [2.24, 2.45) is 5.92 Å². The summed E-state index contributed by atoms with van der Waals surface area (Å²) in [6.45, 7) is 2.16. The summed E-state index contributed by atoms with van der Waals surface area (Å²) in [5, 5.41) is 3.24. The van der Waals surface area contributed by atoms with E-state index in [2.05, 4.69) is 5.32 Å². The minimum atomic E-state index is -0.581. The summed E-state index contributed by atoms with van der Waals surface area (Å²) < 4.78 is 5.10. The number of benzene rings is 2. The quantitative estimate of drug-likeness (QED) is 0.755. The van der Waals surface area contributed by atoms with Gasteiger partial charge in [0, 0.05) is 30.2 Å². The largest absolute Gasteiger partial charge is 0.455 e. The number of likely N-dealkylation sites (tertiary alicyclic amines) is 1. The lowest BCUT2D eigenvalue weighted by atomic mass is 10.1. The molecule has 3 rings (SSSR count). The molecule has 0 radical (unpaired) electrons. The molecule has 1 fully saturated rings. The number of hydrogen-bond acceptors (Lipinski definition) is 4. The summed E-state index contributed by atoms with van der Waals surface area (Å²) >= 11 is 6.13. The lowest BCUT2D eigenvalue weighted by molar-refractivity contribution is -0.151. The summed E-state index contributed by atoms with van der Waals surface area (Å²) in [5.41, 5.74) is 2.54.